The zero-order valence-electron chi connectivity index (χ0n) is 11.1. The summed E-state index contributed by atoms with van der Waals surface area (Å²) < 4.78 is 5.13. The van der Waals surface area contributed by atoms with Gasteiger partial charge in [0.15, 0.2) is 0 Å². The summed E-state index contributed by atoms with van der Waals surface area (Å²) >= 11 is 7.71. The zero-order valence-corrected chi connectivity index (χ0v) is 12.6. The minimum Gasteiger partial charge on any atom is -0.478 e. The highest BCUT2D eigenvalue weighted by atomic mass is 35.5. The highest BCUT2D eigenvalue weighted by molar-refractivity contribution is 7.08. The number of rotatable bonds is 4. The summed E-state index contributed by atoms with van der Waals surface area (Å²) in [7, 11) is 0. The molecule has 0 spiro atoms. The summed E-state index contributed by atoms with van der Waals surface area (Å²) in [6.07, 6.45) is 1.64. The Hall–Kier alpha value is -2.44. The van der Waals surface area contributed by atoms with Crippen LogP contribution >= 0.6 is 22.9 Å². The molecule has 0 radical (unpaired) electrons. The van der Waals surface area contributed by atoms with Crippen LogP contribution in [0.25, 0.3) is 22.5 Å². The van der Waals surface area contributed by atoms with Crippen LogP contribution in [0.2, 0.25) is 0 Å². The van der Waals surface area contributed by atoms with Gasteiger partial charge in [-0.1, -0.05) is 28.9 Å². The lowest BCUT2D eigenvalue weighted by Crippen LogP contribution is -1.94. The van der Waals surface area contributed by atoms with Crippen LogP contribution in [-0.2, 0) is 0 Å². The Morgan fingerprint density at radius 2 is 2.05 bits per heavy atom. The van der Waals surface area contributed by atoms with Crippen molar-refractivity contribution in [3.63, 3.8) is 0 Å². The Morgan fingerprint density at radius 3 is 2.68 bits per heavy atom. The summed E-state index contributed by atoms with van der Waals surface area (Å²) in [6, 6.07) is 8.21. The molecule has 0 amide bonds. The van der Waals surface area contributed by atoms with Gasteiger partial charge in [-0.25, -0.2) is 4.79 Å². The van der Waals surface area contributed by atoms with E-state index in [-0.39, 0.29) is 16.5 Å². The van der Waals surface area contributed by atoms with Crippen molar-refractivity contribution in [3.05, 3.63) is 58.1 Å². The van der Waals surface area contributed by atoms with Gasteiger partial charge in [0.1, 0.15) is 5.03 Å². The summed E-state index contributed by atoms with van der Waals surface area (Å²) in [6.45, 7) is 0. The maximum Gasteiger partial charge on any atom is 0.335 e. The number of hydrogen-bond acceptors (Lipinski definition) is 5. The lowest BCUT2D eigenvalue weighted by molar-refractivity contribution is 0.0697. The van der Waals surface area contributed by atoms with E-state index >= 15 is 0 Å². The SMILES string of the molecule is O=C(O)c1ccc(C=C(Cl)c2nc(-c3ccsc3)no2)cc1. The van der Waals surface area contributed by atoms with Crippen molar-refractivity contribution in [2.75, 3.05) is 0 Å². The maximum absolute atomic E-state index is 10.8. The molecule has 0 saturated heterocycles. The molecule has 0 fully saturated rings. The number of carboxylic acids is 1. The first-order valence-corrected chi connectivity index (χ1v) is 7.53. The molecule has 0 aliphatic heterocycles. The lowest BCUT2D eigenvalue weighted by Gasteiger charge is -1.96. The molecule has 5 nitrogen and oxygen atoms in total. The number of carbonyl (C=O) groups is 1. The van der Waals surface area contributed by atoms with E-state index < -0.39 is 5.97 Å². The molecule has 1 aromatic carbocycles. The molecule has 2 aromatic heterocycles. The Bertz CT molecular complexity index is 823. The van der Waals surface area contributed by atoms with Crippen molar-refractivity contribution in [2.45, 2.75) is 0 Å². The normalized spacial score (nSPS) is 11.6. The first kappa shape index (κ1) is 14.5. The highest BCUT2D eigenvalue weighted by Gasteiger charge is 2.11. The van der Waals surface area contributed by atoms with Gasteiger partial charge in [0, 0.05) is 10.9 Å². The lowest BCUT2D eigenvalue weighted by atomic mass is 10.1. The van der Waals surface area contributed by atoms with Crippen LogP contribution in [0.4, 0.5) is 0 Å². The molecule has 1 N–H and O–H groups in total. The van der Waals surface area contributed by atoms with E-state index in [2.05, 4.69) is 10.1 Å². The number of thiophene rings is 1. The van der Waals surface area contributed by atoms with Crippen LogP contribution in [0.5, 0.6) is 0 Å². The number of halogens is 1. The van der Waals surface area contributed by atoms with E-state index in [1.807, 2.05) is 16.8 Å². The monoisotopic (exact) mass is 332 g/mol. The van der Waals surface area contributed by atoms with Crippen LogP contribution < -0.4 is 0 Å². The summed E-state index contributed by atoms with van der Waals surface area (Å²) in [5.41, 5.74) is 1.83. The second-order valence-electron chi connectivity index (χ2n) is 4.35. The number of aromatic nitrogens is 2. The molecule has 0 atom stereocenters. The Labute approximate surface area is 134 Å². The van der Waals surface area contributed by atoms with Gasteiger partial charge in [0.2, 0.25) is 5.82 Å². The standard InChI is InChI=1S/C15H9ClN2O3S/c16-12(7-9-1-3-10(4-2-9)15(19)20)14-17-13(18-21-14)11-5-6-22-8-11/h1-8H,(H,19,20). The minimum atomic E-state index is -0.973. The Morgan fingerprint density at radius 1 is 1.27 bits per heavy atom. The maximum atomic E-state index is 10.8. The smallest absolute Gasteiger partial charge is 0.335 e. The molecule has 22 heavy (non-hydrogen) atoms. The highest BCUT2D eigenvalue weighted by Crippen LogP contribution is 2.25. The van der Waals surface area contributed by atoms with Gasteiger partial charge in [0.25, 0.3) is 5.89 Å². The third-order valence-corrected chi connectivity index (χ3v) is 3.81. The van der Waals surface area contributed by atoms with E-state index in [4.69, 9.17) is 21.2 Å². The first-order chi connectivity index (χ1) is 10.6. The van der Waals surface area contributed by atoms with Gasteiger partial charge in [-0.2, -0.15) is 16.3 Å². The minimum absolute atomic E-state index is 0.213. The number of hydrogen-bond donors (Lipinski definition) is 1. The largest absolute Gasteiger partial charge is 0.478 e. The molecule has 110 valence electrons. The fraction of sp³-hybridized carbons (Fsp3) is 0. The Kier molecular flexibility index (Phi) is 4.04. The van der Waals surface area contributed by atoms with E-state index in [9.17, 15) is 4.79 Å². The summed E-state index contributed by atoms with van der Waals surface area (Å²) in [4.78, 5) is 15.0. The molecule has 2 heterocycles. The molecule has 0 aliphatic rings. The third kappa shape index (κ3) is 3.08. The molecule has 0 unspecified atom stereocenters. The molecule has 3 aromatic rings. The summed E-state index contributed by atoms with van der Waals surface area (Å²) in [5, 5.41) is 16.9. The van der Waals surface area contributed by atoms with Crippen molar-refractivity contribution in [3.8, 4) is 11.4 Å². The fourth-order valence-corrected chi connectivity index (χ4v) is 2.60. The van der Waals surface area contributed by atoms with Gasteiger partial charge < -0.3 is 9.63 Å². The van der Waals surface area contributed by atoms with Gasteiger partial charge in [-0.3, -0.25) is 0 Å². The third-order valence-electron chi connectivity index (χ3n) is 2.86. The fourth-order valence-electron chi connectivity index (χ4n) is 1.76. The van der Waals surface area contributed by atoms with Gasteiger partial charge in [-0.05, 0) is 35.2 Å². The van der Waals surface area contributed by atoms with Crippen molar-refractivity contribution in [1.29, 1.82) is 0 Å². The van der Waals surface area contributed by atoms with Crippen LogP contribution in [-0.4, -0.2) is 21.2 Å². The zero-order chi connectivity index (χ0) is 15.5. The molecule has 7 heteroatoms. The van der Waals surface area contributed by atoms with E-state index in [0.717, 1.165) is 11.1 Å². The Balaban J connectivity index is 1.84. The number of nitrogens with zero attached hydrogens (tertiary/aromatic N) is 2. The van der Waals surface area contributed by atoms with E-state index in [0.29, 0.717) is 5.82 Å². The van der Waals surface area contributed by atoms with E-state index in [1.54, 1.807) is 29.5 Å². The molecule has 0 bridgehead atoms. The molecule has 3 rings (SSSR count). The number of aromatic carboxylic acids is 1. The first-order valence-electron chi connectivity index (χ1n) is 6.21. The van der Waals surface area contributed by atoms with Gasteiger partial charge in [0.05, 0.1) is 5.56 Å². The molecule has 0 aliphatic carbocycles. The molecular weight excluding hydrogens is 324 g/mol. The average molecular weight is 333 g/mol. The predicted octanol–water partition coefficient (Wildman–Crippen LogP) is 4.23. The summed E-state index contributed by atoms with van der Waals surface area (Å²) in [5.74, 6) is -0.284. The van der Waals surface area contributed by atoms with E-state index in [1.165, 1.54) is 12.1 Å². The van der Waals surface area contributed by atoms with Gasteiger partial charge in [-0.15, -0.1) is 0 Å². The quantitative estimate of drug-likeness (QED) is 0.773. The topological polar surface area (TPSA) is 76.2 Å². The molecular formula is C15H9ClN2O3S. The molecule has 0 saturated carbocycles. The second-order valence-corrected chi connectivity index (χ2v) is 5.54. The van der Waals surface area contributed by atoms with Crippen LogP contribution in [0.3, 0.4) is 0 Å². The van der Waals surface area contributed by atoms with Crippen LogP contribution in [0, 0.1) is 0 Å². The van der Waals surface area contributed by atoms with Crippen molar-refractivity contribution < 1.29 is 14.4 Å². The number of benzene rings is 1. The van der Waals surface area contributed by atoms with Crippen molar-refractivity contribution in [1.82, 2.24) is 10.1 Å². The van der Waals surface area contributed by atoms with Gasteiger partial charge >= 0.3 is 5.97 Å². The van der Waals surface area contributed by atoms with Crippen molar-refractivity contribution >= 4 is 40.0 Å². The second kappa shape index (κ2) is 6.13. The van der Waals surface area contributed by atoms with Crippen molar-refractivity contribution in [2.24, 2.45) is 0 Å². The predicted molar refractivity (Wildman–Crippen MR) is 84.7 cm³/mol. The van der Waals surface area contributed by atoms with Crippen LogP contribution in [0.15, 0.2) is 45.6 Å². The average Bonchev–Trinajstić information content (AvgIpc) is 3.19. The number of carboxylic acid groups (broad SMARTS) is 1. The van der Waals surface area contributed by atoms with Crippen LogP contribution in [0.1, 0.15) is 21.8 Å².